The topological polar surface area (TPSA) is 38.8 Å². The van der Waals surface area contributed by atoms with Crippen LogP contribution in [0.4, 0.5) is 0 Å². The summed E-state index contributed by atoms with van der Waals surface area (Å²) in [4.78, 5) is 14.4. The summed E-state index contributed by atoms with van der Waals surface area (Å²) >= 11 is 0. The molecule has 4 nitrogen and oxygen atoms in total. The SMILES string of the molecule is O=C(C1CCC2OCCOC2C1)N1CC=CCC1. The van der Waals surface area contributed by atoms with Crippen molar-refractivity contribution >= 4 is 5.91 Å². The molecule has 0 aromatic carbocycles. The van der Waals surface area contributed by atoms with E-state index in [4.69, 9.17) is 9.47 Å². The summed E-state index contributed by atoms with van der Waals surface area (Å²) < 4.78 is 11.4. The molecule has 0 aromatic rings. The quantitative estimate of drug-likeness (QED) is 0.661. The van der Waals surface area contributed by atoms with Gasteiger partial charge in [-0.25, -0.2) is 0 Å². The van der Waals surface area contributed by atoms with Gasteiger partial charge in [-0.1, -0.05) is 12.2 Å². The van der Waals surface area contributed by atoms with Gasteiger partial charge >= 0.3 is 0 Å². The van der Waals surface area contributed by atoms with E-state index in [9.17, 15) is 4.79 Å². The number of carbonyl (C=O) groups excluding carboxylic acids is 1. The average Bonchev–Trinajstić information content (AvgIpc) is 2.47. The zero-order valence-electron chi connectivity index (χ0n) is 10.7. The van der Waals surface area contributed by atoms with Crippen molar-refractivity contribution in [1.82, 2.24) is 4.90 Å². The molecule has 0 bridgehead atoms. The molecule has 2 aliphatic heterocycles. The third kappa shape index (κ3) is 2.45. The summed E-state index contributed by atoms with van der Waals surface area (Å²) in [7, 11) is 0. The Balaban J connectivity index is 1.59. The van der Waals surface area contributed by atoms with Crippen LogP contribution in [0.15, 0.2) is 12.2 Å². The first-order chi connectivity index (χ1) is 8.84. The summed E-state index contributed by atoms with van der Waals surface area (Å²) in [5.74, 6) is 0.450. The van der Waals surface area contributed by atoms with Gasteiger partial charge in [-0.15, -0.1) is 0 Å². The largest absolute Gasteiger partial charge is 0.373 e. The Morgan fingerprint density at radius 3 is 2.72 bits per heavy atom. The van der Waals surface area contributed by atoms with Crippen LogP contribution in [0, 0.1) is 5.92 Å². The standard InChI is InChI=1S/C14H21NO3/c16-14(15-6-2-1-3-7-15)11-4-5-12-13(10-11)18-9-8-17-12/h1-2,11-13H,3-10H2. The van der Waals surface area contributed by atoms with E-state index in [1.54, 1.807) is 0 Å². The normalized spacial score (nSPS) is 36.2. The number of ether oxygens (including phenoxy) is 2. The summed E-state index contributed by atoms with van der Waals surface area (Å²) in [6, 6.07) is 0. The van der Waals surface area contributed by atoms with Gasteiger partial charge in [-0.2, -0.15) is 0 Å². The van der Waals surface area contributed by atoms with Gasteiger partial charge in [0.2, 0.25) is 5.91 Å². The van der Waals surface area contributed by atoms with Gasteiger partial charge in [0, 0.05) is 19.0 Å². The average molecular weight is 251 g/mol. The van der Waals surface area contributed by atoms with E-state index >= 15 is 0 Å². The number of carbonyl (C=O) groups is 1. The van der Waals surface area contributed by atoms with Crippen molar-refractivity contribution in [3.05, 3.63) is 12.2 Å². The Kier molecular flexibility index (Phi) is 3.66. The van der Waals surface area contributed by atoms with E-state index < -0.39 is 0 Å². The van der Waals surface area contributed by atoms with Crippen molar-refractivity contribution in [1.29, 1.82) is 0 Å². The molecule has 0 radical (unpaired) electrons. The second-order valence-electron chi connectivity index (χ2n) is 5.37. The zero-order valence-corrected chi connectivity index (χ0v) is 10.7. The summed E-state index contributed by atoms with van der Waals surface area (Å²) in [5.41, 5.74) is 0. The van der Waals surface area contributed by atoms with Gasteiger partial charge in [0.05, 0.1) is 25.4 Å². The Bertz CT molecular complexity index is 342. The van der Waals surface area contributed by atoms with Gasteiger partial charge in [-0.3, -0.25) is 4.79 Å². The minimum atomic E-state index is 0.138. The van der Waals surface area contributed by atoms with E-state index in [0.29, 0.717) is 19.1 Å². The van der Waals surface area contributed by atoms with Crippen LogP contribution in [0.1, 0.15) is 25.7 Å². The molecule has 1 saturated carbocycles. The lowest BCUT2D eigenvalue weighted by molar-refractivity contribution is -0.168. The number of fused-ring (bicyclic) bond motifs is 1. The molecule has 2 fully saturated rings. The maximum absolute atomic E-state index is 12.4. The van der Waals surface area contributed by atoms with Crippen molar-refractivity contribution in [2.24, 2.45) is 5.92 Å². The fourth-order valence-electron chi connectivity index (χ4n) is 3.19. The highest BCUT2D eigenvalue weighted by atomic mass is 16.6. The lowest BCUT2D eigenvalue weighted by Gasteiger charge is -2.39. The Labute approximate surface area is 108 Å². The van der Waals surface area contributed by atoms with Crippen LogP contribution in [-0.2, 0) is 14.3 Å². The maximum Gasteiger partial charge on any atom is 0.226 e. The number of nitrogens with zero attached hydrogens (tertiary/aromatic N) is 1. The molecule has 3 unspecified atom stereocenters. The van der Waals surface area contributed by atoms with Crippen LogP contribution in [0.2, 0.25) is 0 Å². The molecule has 0 aromatic heterocycles. The highest BCUT2D eigenvalue weighted by Crippen LogP contribution is 2.32. The van der Waals surface area contributed by atoms with E-state index in [-0.39, 0.29) is 18.1 Å². The van der Waals surface area contributed by atoms with Crippen LogP contribution < -0.4 is 0 Å². The molecule has 1 amide bonds. The lowest BCUT2D eigenvalue weighted by Crippen LogP contribution is -2.47. The summed E-state index contributed by atoms with van der Waals surface area (Å²) in [6.45, 7) is 3.03. The Morgan fingerprint density at radius 1 is 1.11 bits per heavy atom. The van der Waals surface area contributed by atoms with Crippen molar-refractivity contribution < 1.29 is 14.3 Å². The molecule has 3 rings (SSSR count). The molecule has 3 atom stereocenters. The molecule has 3 aliphatic rings. The van der Waals surface area contributed by atoms with E-state index in [1.807, 2.05) is 4.90 Å². The number of rotatable bonds is 1. The second kappa shape index (κ2) is 5.41. The lowest BCUT2D eigenvalue weighted by atomic mass is 9.83. The van der Waals surface area contributed by atoms with Gasteiger partial charge in [-0.05, 0) is 25.7 Å². The number of hydrogen-bond donors (Lipinski definition) is 0. The fourth-order valence-corrected chi connectivity index (χ4v) is 3.19. The number of hydrogen-bond acceptors (Lipinski definition) is 3. The molecule has 4 heteroatoms. The fraction of sp³-hybridized carbons (Fsp3) is 0.786. The summed E-state index contributed by atoms with van der Waals surface area (Å²) in [5, 5.41) is 0. The van der Waals surface area contributed by atoms with Crippen LogP contribution in [0.5, 0.6) is 0 Å². The highest BCUT2D eigenvalue weighted by molar-refractivity contribution is 5.79. The Morgan fingerprint density at radius 2 is 1.94 bits per heavy atom. The minimum Gasteiger partial charge on any atom is -0.373 e. The molecular formula is C14H21NO3. The van der Waals surface area contributed by atoms with Crippen LogP contribution in [-0.4, -0.2) is 49.3 Å². The first-order valence-electron chi connectivity index (χ1n) is 7.01. The van der Waals surface area contributed by atoms with Crippen molar-refractivity contribution in [2.45, 2.75) is 37.9 Å². The minimum absolute atomic E-state index is 0.138. The molecule has 1 saturated heterocycles. The van der Waals surface area contributed by atoms with E-state index in [0.717, 1.165) is 38.8 Å². The van der Waals surface area contributed by atoms with Gasteiger partial charge < -0.3 is 14.4 Å². The predicted octanol–water partition coefficient (Wildman–Crippen LogP) is 1.36. The monoisotopic (exact) mass is 251 g/mol. The first-order valence-corrected chi connectivity index (χ1v) is 7.01. The predicted molar refractivity (Wildman–Crippen MR) is 67.2 cm³/mol. The van der Waals surface area contributed by atoms with Gasteiger partial charge in [0.1, 0.15) is 0 Å². The molecule has 0 N–H and O–H groups in total. The molecule has 2 heterocycles. The first kappa shape index (κ1) is 12.2. The van der Waals surface area contributed by atoms with Gasteiger partial charge in [0.25, 0.3) is 0 Å². The number of amides is 1. The van der Waals surface area contributed by atoms with Crippen LogP contribution >= 0.6 is 0 Å². The zero-order chi connectivity index (χ0) is 12.4. The van der Waals surface area contributed by atoms with Crippen molar-refractivity contribution in [3.63, 3.8) is 0 Å². The molecule has 1 aliphatic carbocycles. The molecule has 18 heavy (non-hydrogen) atoms. The second-order valence-corrected chi connectivity index (χ2v) is 5.37. The van der Waals surface area contributed by atoms with Crippen molar-refractivity contribution in [3.8, 4) is 0 Å². The highest BCUT2D eigenvalue weighted by Gasteiger charge is 2.38. The molecular weight excluding hydrogens is 230 g/mol. The van der Waals surface area contributed by atoms with Crippen LogP contribution in [0.25, 0.3) is 0 Å². The third-order valence-corrected chi connectivity index (χ3v) is 4.20. The molecule has 0 spiro atoms. The summed E-state index contributed by atoms with van der Waals surface area (Å²) in [6.07, 6.45) is 8.35. The van der Waals surface area contributed by atoms with Crippen LogP contribution in [0.3, 0.4) is 0 Å². The third-order valence-electron chi connectivity index (χ3n) is 4.20. The Hall–Kier alpha value is -0.870. The van der Waals surface area contributed by atoms with Crippen molar-refractivity contribution in [2.75, 3.05) is 26.3 Å². The van der Waals surface area contributed by atoms with E-state index in [2.05, 4.69) is 12.2 Å². The van der Waals surface area contributed by atoms with Gasteiger partial charge in [0.15, 0.2) is 0 Å². The van der Waals surface area contributed by atoms with E-state index in [1.165, 1.54) is 0 Å². The molecule has 100 valence electrons. The smallest absolute Gasteiger partial charge is 0.226 e. The maximum atomic E-state index is 12.4.